The molecule has 0 unspecified atom stereocenters. The molecule has 5 rings (SSSR count). The van der Waals surface area contributed by atoms with Crippen LogP contribution in [0.3, 0.4) is 0 Å². The molecular formula is C37H46ClF3N4O3. The van der Waals surface area contributed by atoms with Crippen LogP contribution < -0.4 is 14.2 Å². The van der Waals surface area contributed by atoms with E-state index in [9.17, 15) is 13.2 Å². The molecule has 0 aliphatic carbocycles. The highest BCUT2D eigenvalue weighted by atomic mass is 35.5. The number of nitrogens with zero attached hydrogens (tertiary/aromatic N) is 4. The topological polar surface area (TPSA) is 52.0 Å². The molecule has 0 radical (unpaired) electrons. The van der Waals surface area contributed by atoms with E-state index in [2.05, 4.69) is 41.2 Å². The van der Waals surface area contributed by atoms with Crippen molar-refractivity contribution in [3.8, 4) is 34.4 Å². The van der Waals surface area contributed by atoms with Crippen LogP contribution in [0.2, 0.25) is 5.02 Å². The summed E-state index contributed by atoms with van der Waals surface area (Å²) in [5.74, 6) is 2.68. The Morgan fingerprint density at radius 3 is 2.25 bits per heavy atom. The molecule has 2 heterocycles. The summed E-state index contributed by atoms with van der Waals surface area (Å²) < 4.78 is 60.9. The second-order valence-corrected chi connectivity index (χ2v) is 12.5. The summed E-state index contributed by atoms with van der Waals surface area (Å²) in [5, 5.41) is -0.372. The van der Waals surface area contributed by atoms with Crippen molar-refractivity contribution in [2.24, 2.45) is 0 Å². The molecule has 0 bridgehead atoms. The fourth-order valence-electron chi connectivity index (χ4n) is 6.03. The van der Waals surface area contributed by atoms with Crippen molar-refractivity contribution in [2.45, 2.75) is 65.6 Å². The third-order valence-corrected chi connectivity index (χ3v) is 9.09. The van der Waals surface area contributed by atoms with Gasteiger partial charge in [-0.25, -0.2) is 4.98 Å². The second kappa shape index (κ2) is 16.8. The minimum atomic E-state index is -4.58. The summed E-state index contributed by atoms with van der Waals surface area (Å²) >= 11 is 5.78. The predicted molar refractivity (Wildman–Crippen MR) is 186 cm³/mol. The molecule has 1 aromatic heterocycles. The summed E-state index contributed by atoms with van der Waals surface area (Å²) in [6.07, 6.45) is 0.760. The van der Waals surface area contributed by atoms with Crippen molar-refractivity contribution in [2.75, 3.05) is 52.5 Å². The summed E-state index contributed by atoms with van der Waals surface area (Å²) in [6, 6.07) is 14.8. The van der Waals surface area contributed by atoms with Gasteiger partial charge in [0.2, 0.25) is 0 Å². The maximum atomic E-state index is 13.4. The van der Waals surface area contributed by atoms with Gasteiger partial charge in [-0.3, -0.25) is 4.90 Å². The van der Waals surface area contributed by atoms with Gasteiger partial charge in [0.1, 0.15) is 35.2 Å². The Bertz CT molecular complexity index is 1620. The van der Waals surface area contributed by atoms with Crippen LogP contribution in [0, 0.1) is 0 Å². The highest BCUT2D eigenvalue weighted by Crippen LogP contribution is 2.39. The van der Waals surface area contributed by atoms with Gasteiger partial charge in [-0.05, 0) is 94.3 Å². The number of imidazole rings is 1. The van der Waals surface area contributed by atoms with Crippen LogP contribution in [0.1, 0.15) is 58.4 Å². The number of halogens is 4. The Kier molecular flexibility index (Phi) is 12.5. The molecule has 1 fully saturated rings. The van der Waals surface area contributed by atoms with Crippen LogP contribution in [-0.2, 0) is 12.7 Å². The van der Waals surface area contributed by atoms with Gasteiger partial charge in [0, 0.05) is 37.3 Å². The number of aromatic nitrogens is 2. The van der Waals surface area contributed by atoms with E-state index in [0.29, 0.717) is 24.7 Å². The van der Waals surface area contributed by atoms with Crippen LogP contribution in [0.15, 0.2) is 54.6 Å². The van der Waals surface area contributed by atoms with E-state index in [-0.39, 0.29) is 10.8 Å². The lowest BCUT2D eigenvalue weighted by Crippen LogP contribution is -2.25. The maximum Gasteiger partial charge on any atom is 0.417 e. The lowest BCUT2D eigenvalue weighted by Gasteiger charge is -2.18. The van der Waals surface area contributed by atoms with E-state index in [1.54, 1.807) is 12.1 Å². The van der Waals surface area contributed by atoms with E-state index in [1.165, 1.54) is 25.0 Å². The molecule has 1 saturated heterocycles. The first kappa shape index (κ1) is 35.8. The van der Waals surface area contributed by atoms with Crippen molar-refractivity contribution in [3.05, 3.63) is 65.2 Å². The third kappa shape index (κ3) is 9.15. The number of fused-ring (bicyclic) bond motifs is 1. The van der Waals surface area contributed by atoms with Gasteiger partial charge >= 0.3 is 6.18 Å². The van der Waals surface area contributed by atoms with E-state index < -0.39 is 11.7 Å². The monoisotopic (exact) mass is 686 g/mol. The fraction of sp³-hybridized carbons (Fsp3) is 0.486. The largest absolute Gasteiger partial charge is 0.492 e. The number of aryl methyl sites for hydroxylation is 1. The molecule has 260 valence electrons. The molecule has 0 spiro atoms. The van der Waals surface area contributed by atoms with Crippen molar-refractivity contribution in [1.82, 2.24) is 19.4 Å². The lowest BCUT2D eigenvalue weighted by atomic mass is 10.2. The molecule has 0 amide bonds. The summed E-state index contributed by atoms with van der Waals surface area (Å²) in [6.45, 7) is 14.5. The summed E-state index contributed by atoms with van der Waals surface area (Å²) in [5.41, 5.74) is 1.63. The zero-order valence-corrected chi connectivity index (χ0v) is 28.9. The van der Waals surface area contributed by atoms with Crippen LogP contribution in [0.4, 0.5) is 13.2 Å². The van der Waals surface area contributed by atoms with Gasteiger partial charge < -0.3 is 23.7 Å². The van der Waals surface area contributed by atoms with E-state index in [4.69, 9.17) is 30.8 Å². The standard InChI is InChI=1S/C37H46ClF3N4O3/c1-4-7-20-45-33-25-30(46-23-21-44-17-8-9-18-44)26-34(47-22-10-19-43(5-2)6-3)35(33)42-36(45)27-11-13-28(14-12-27)48-29-15-16-32(38)31(24-29)37(39,40)41/h11-16,24-26H,4-10,17-23H2,1-3H3. The molecule has 0 N–H and O–H groups in total. The first-order valence-electron chi connectivity index (χ1n) is 17.1. The van der Waals surface area contributed by atoms with Gasteiger partial charge in [-0.15, -0.1) is 0 Å². The normalized spacial score (nSPS) is 13.9. The molecule has 1 aliphatic heterocycles. The van der Waals surface area contributed by atoms with Crippen LogP contribution in [0.5, 0.6) is 23.0 Å². The number of alkyl halides is 3. The minimum absolute atomic E-state index is 0.0507. The van der Waals surface area contributed by atoms with E-state index in [1.807, 2.05) is 18.2 Å². The average molecular weight is 687 g/mol. The van der Waals surface area contributed by atoms with E-state index in [0.717, 1.165) is 99.3 Å². The van der Waals surface area contributed by atoms with Crippen LogP contribution in [0.25, 0.3) is 22.4 Å². The van der Waals surface area contributed by atoms with Crippen LogP contribution in [-0.4, -0.2) is 71.8 Å². The molecule has 48 heavy (non-hydrogen) atoms. The third-order valence-electron chi connectivity index (χ3n) is 8.76. The quantitative estimate of drug-likeness (QED) is 0.103. The Morgan fingerprint density at radius 1 is 0.833 bits per heavy atom. The van der Waals surface area contributed by atoms with Gasteiger partial charge in [-0.2, -0.15) is 13.2 Å². The minimum Gasteiger partial charge on any atom is -0.492 e. The number of unbranched alkanes of at least 4 members (excludes halogenated alkanes) is 1. The highest BCUT2D eigenvalue weighted by Gasteiger charge is 2.33. The number of benzene rings is 3. The van der Waals surface area contributed by atoms with Crippen molar-refractivity contribution in [3.63, 3.8) is 0 Å². The molecular weight excluding hydrogens is 641 g/mol. The zero-order chi connectivity index (χ0) is 34.1. The number of rotatable bonds is 17. The van der Waals surface area contributed by atoms with Gasteiger partial charge in [0.15, 0.2) is 5.75 Å². The lowest BCUT2D eigenvalue weighted by molar-refractivity contribution is -0.137. The number of hydrogen-bond donors (Lipinski definition) is 0. The molecule has 0 saturated carbocycles. The first-order chi connectivity index (χ1) is 23.2. The van der Waals surface area contributed by atoms with Crippen molar-refractivity contribution in [1.29, 1.82) is 0 Å². The SMILES string of the molecule is CCCCn1c(-c2ccc(Oc3ccc(Cl)c(C(F)(F)F)c3)cc2)nc2c(OCCCN(CC)CC)cc(OCCN3CCCC3)cc21. The average Bonchev–Trinajstić information content (AvgIpc) is 3.73. The fourth-order valence-corrected chi connectivity index (χ4v) is 6.25. The molecule has 0 atom stereocenters. The molecule has 1 aliphatic rings. The first-order valence-corrected chi connectivity index (χ1v) is 17.5. The Balaban J connectivity index is 1.43. The molecule has 3 aromatic carbocycles. The molecule has 7 nitrogen and oxygen atoms in total. The number of hydrogen-bond acceptors (Lipinski definition) is 6. The predicted octanol–water partition coefficient (Wildman–Crippen LogP) is 9.55. The van der Waals surface area contributed by atoms with Gasteiger partial charge in [-0.1, -0.05) is 38.8 Å². The van der Waals surface area contributed by atoms with Crippen molar-refractivity contribution >= 4 is 22.6 Å². The molecule has 4 aromatic rings. The Labute approximate surface area is 286 Å². The maximum absolute atomic E-state index is 13.4. The zero-order valence-electron chi connectivity index (χ0n) is 28.1. The number of likely N-dealkylation sites (tertiary alicyclic amines) is 1. The highest BCUT2D eigenvalue weighted by molar-refractivity contribution is 6.31. The Hall–Kier alpha value is -3.47. The molecule has 11 heteroatoms. The van der Waals surface area contributed by atoms with Crippen LogP contribution >= 0.6 is 11.6 Å². The van der Waals surface area contributed by atoms with E-state index >= 15 is 0 Å². The van der Waals surface area contributed by atoms with Gasteiger partial charge in [0.05, 0.1) is 22.7 Å². The Morgan fingerprint density at radius 2 is 1.56 bits per heavy atom. The second-order valence-electron chi connectivity index (χ2n) is 12.1. The summed E-state index contributed by atoms with van der Waals surface area (Å²) in [7, 11) is 0. The smallest absolute Gasteiger partial charge is 0.417 e. The number of ether oxygens (including phenoxy) is 3. The van der Waals surface area contributed by atoms with Crippen molar-refractivity contribution < 1.29 is 27.4 Å². The van der Waals surface area contributed by atoms with Gasteiger partial charge in [0.25, 0.3) is 0 Å². The summed E-state index contributed by atoms with van der Waals surface area (Å²) in [4.78, 5) is 9.92.